The summed E-state index contributed by atoms with van der Waals surface area (Å²) in [5.41, 5.74) is 0. The van der Waals surface area contributed by atoms with Gasteiger partial charge < -0.3 is 54.7 Å². The quantitative estimate of drug-likeness (QED) is 0.187. The van der Waals surface area contributed by atoms with Crippen LogP contribution in [-0.4, -0.2) is 117 Å². The largest absolute Gasteiger partial charge is 0.394 e. The van der Waals surface area contributed by atoms with E-state index in [2.05, 4.69) is 0 Å². The van der Waals surface area contributed by atoms with Crippen molar-refractivity contribution in [2.45, 2.75) is 106 Å². The van der Waals surface area contributed by atoms with E-state index in [0.29, 0.717) is 12.5 Å². The summed E-state index contributed by atoms with van der Waals surface area (Å²) in [5, 5.41) is 70.0. The summed E-state index contributed by atoms with van der Waals surface area (Å²) in [6.45, 7) is -0.882. The average molecular weight is 467 g/mol. The van der Waals surface area contributed by atoms with E-state index in [1.807, 2.05) is 0 Å². The molecule has 0 spiro atoms. The van der Waals surface area contributed by atoms with Crippen LogP contribution in [-0.2, 0) is 18.9 Å². The Morgan fingerprint density at radius 3 is 1.97 bits per heavy atom. The molecule has 0 radical (unpaired) electrons. The van der Waals surface area contributed by atoms with Crippen molar-refractivity contribution in [3.63, 3.8) is 0 Å². The average Bonchev–Trinajstić information content (AvgIpc) is 2.81. The van der Waals surface area contributed by atoms with Gasteiger partial charge in [-0.2, -0.15) is 0 Å². The summed E-state index contributed by atoms with van der Waals surface area (Å²) in [6.07, 6.45) is -6.18. The lowest BCUT2D eigenvalue weighted by molar-refractivity contribution is -0.359. The van der Waals surface area contributed by atoms with Gasteiger partial charge in [0.25, 0.3) is 0 Å². The summed E-state index contributed by atoms with van der Waals surface area (Å²) < 4.78 is 22.0. The van der Waals surface area contributed by atoms with Gasteiger partial charge in [-0.15, -0.1) is 0 Å². The molecule has 0 unspecified atom stereocenters. The zero-order chi connectivity index (χ0) is 23.3. The van der Waals surface area contributed by atoms with Gasteiger partial charge in [-0.3, -0.25) is 0 Å². The van der Waals surface area contributed by atoms with Crippen molar-refractivity contribution in [3.05, 3.63) is 0 Å². The highest BCUT2D eigenvalue weighted by atomic mass is 16.7. The molecule has 0 aromatic heterocycles. The molecule has 7 N–H and O–H groups in total. The SMILES string of the molecule is OC[C@H]1O[C@H](O[C@H]2[C@H](O)[C@@H](O)[C@H](OCCCC3CCCCC3)O[C@@H]2CO)[C@H](O)[C@@H](O)[C@@H]1O. The number of ether oxygens (including phenoxy) is 4. The smallest absolute Gasteiger partial charge is 0.187 e. The summed E-state index contributed by atoms with van der Waals surface area (Å²) in [7, 11) is 0. The molecular formula is C21H38O11. The minimum Gasteiger partial charge on any atom is -0.394 e. The van der Waals surface area contributed by atoms with Gasteiger partial charge in [-0.1, -0.05) is 32.1 Å². The highest BCUT2D eigenvalue weighted by Crippen LogP contribution is 2.30. The second kappa shape index (κ2) is 12.3. The van der Waals surface area contributed by atoms with Crippen molar-refractivity contribution in [2.75, 3.05) is 19.8 Å². The molecule has 3 fully saturated rings. The van der Waals surface area contributed by atoms with Crippen LogP contribution in [0.1, 0.15) is 44.9 Å². The molecule has 1 saturated carbocycles. The maximum Gasteiger partial charge on any atom is 0.187 e. The van der Waals surface area contributed by atoms with Crippen LogP contribution in [0.4, 0.5) is 0 Å². The van der Waals surface area contributed by atoms with Gasteiger partial charge >= 0.3 is 0 Å². The van der Waals surface area contributed by atoms with E-state index >= 15 is 0 Å². The number of aliphatic hydroxyl groups excluding tert-OH is 7. The summed E-state index contributed by atoms with van der Waals surface area (Å²) in [5.74, 6) is 0.691. The third-order valence-electron chi connectivity index (χ3n) is 6.72. The normalized spacial score (nSPS) is 44.0. The van der Waals surface area contributed by atoms with Gasteiger partial charge in [0.05, 0.1) is 13.2 Å². The highest BCUT2D eigenvalue weighted by molar-refractivity contribution is 4.94. The molecule has 0 aromatic rings. The lowest BCUT2D eigenvalue weighted by atomic mass is 9.86. The van der Waals surface area contributed by atoms with Gasteiger partial charge in [0.1, 0.15) is 48.8 Å². The molecule has 3 aliphatic rings. The molecule has 32 heavy (non-hydrogen) atoms. The zero-order valence-corrected chi connectivity index (χ0v) is 18.2. The molecule has 10 atom stereocenters. The Morgan fingerprint density at radius 1 is 0.688 bits per heavy atom. The fraction of sp³-hybridized carbons (Fsp3) is 1.00. The molecule has 188 valence electrons. The summed E-state index contributed by atoms with van der Waals surface area (Å²) in [4.78, 5) is 0. The van der Waals surface area contributed by atoms with Crippen molar-refractivity contribution in [1.82, 2.24) is 0 Å². The first kappa shape index (κ1) is 26.2. The second-order valence-corrected chi connectivity index (χ2v) is 9.02. The minimum atomic E-state index is -1.69. The monoisotopic (exact) mass is 466 g/mol. The van der Waals surface area contributed by atoms with Crippen LogP contribution < -0.4 is 0 Å². The Bertz CT molecular complexity index is 542. The number of hydrogen-bond donors (Lipinski definition) is 7. The fourth-order valence-electron chi connectivity index (χ4n) is 4.74. The van der Waals surface area contributed by atoms with Crippen molar-refractivity contribution in [2.24, 2.45) is 5.92 Å². The maximum atomic E-state index is 10.6. The first-order chi connectivity index (χ1) is 15.4. The Morgan fingerprint density at radius 2 is 1.31 bits per heavy atom. The van der Waals surface area contributed by atoms with E-state index in [1.165, 1.54) is 32.1 Å². The van der Waals surface area contributed by atoms with Crippen LogP contribution in [0, 0.1) is 5.92 Å². The molecule has 2 heterocycles. The highest BCUT2D eigenvalue weighted by Gasteiger charge is 2.50. The Kier molecular flexibility index (Phi) is 10.1. The Balaban J connectivity index is 1.52. The van der Waals surface area contributed by atoms with E-state index in [4.69, 9.17) is 18.9 Å². The number of rotatable bonds is 9. The first-order valence-corrected chi connectivity index (χ1v) is 11.6. The molecule has 3 rings (SSSR count). The van der Waals surface area contributed by atoms with Gasteiger partial charge in [0, 0.05) is 6.61 Å². The second-order valence-electron chi connectivity index (χ2n) is 9.02. The Labute approximate surface area is 187 Å². The third-order valence-corrected chi connectivity index (χ3v) is 6.72. The van der Waals surface area contributed by atoms with E-state index in [0.717, 1.165) is 12.8 Å². The van der Waals surface area contributed by atoms with Crippen molar-refractivity contribution >= 4 is 0 Å². The van der Waals surface area contributed by atoms with Crippen molar-refractivity contribution in [1.29, 1.82) is 0 Å². The Hall–Kier alpha value is -0.440. The molecule has 11 nitrogen and oxygen atoms in total. The van der Waals surface area contributed by atoms with Crippen LogP contribution in [0.3, 0.4) is 0 Å². The summed E-state index contributed by atoms with van der Waals surface area (Å²) >= 11 is 0. The molecule has 2 saturated heterocycles. The van der Waals surface area contributed by atoms with Gasteiger partial charge in [0.2, 0.25) is 0 Å². The molecule has 0 aromatic carbocycles. The van der Waals surface area contributed by atoms with E-state index in [9.17, 15) is 35.7 Å². The first-order valence-electron chi connectivity index (χ1n) is 11.6. The minimum absolute atomic E-state index is 0.335. The molecule has 0 amide bonds. The zero-order valence-electron chi connectivity index (χ0n) is 18.2. The molecular weight excluding hydrogens is 428 g/mol. The van der Waals surface area contributed by atoms with E-state index in [1.54, 1.807) is 0 Å². The molecule has 11 heteroatoms. The lowest BCUT2D eigenvalue weighted by Crippen LogP contribution is -2.64. The third kappa shape index (κ3) is 6.16. The van der Waals surface area contributed by atoms with Gasteiger partial charge in [-0.25, -0.2) is 0 Å². The molecule has 0 bridgehead atoms. The lowest BCUT2D eigenvalue weighted by Gasteiger charge is -2.45. The number of aliphatic hydroxyl groups is 7. The molecule has 1 aliphatic carbocycles. The maximum absolute atomic E-state index is 10.6. The predicted octanol–water partition coefficient (Wildman–Crippen LogP) is -2.01. The van der Waals surface area contributed by atoms with Gasteiger partial charge in [-0.05, 0) is 18.8 Å². The van der Waals surface area contributed by atoms with E-state index in [-0.39, 0.29) is 0 Å². The van der Waals surface area contributed by atoms with Gasteiger partial charge in [0.15, 0.2) is 12.6 Å². The van der Waals surface area contributed by atoms with Crippen molar-refractivity contribution < 1.29 is 54.7 Å². The van der Waals surface area contributed by atoms with Crippen LogP contribution in [0.5, 0.6) is 0 Å². The fourth-order valence-corrected chi connectivity index (χ4v) is 4.74. The topological polar surface area (TPSA) is 179 Å². The molecule has 2 aliphatic heterocycles. The standard InChI is InChI=1S/C21H38O11/c22-9-12-14(24)15(25)17(27)21(30-12)32-19-13(10-23)31-20(18(28)16(19)26)29-8-4-7-11-5-2-1-3-6-11/h11-28H,1-10H2/t12-,13-,14-,15+,16-,17-,18-,19-,20-,21-/m1/s1. The van der Waals surface area contributed by atoms with Crippen molar-refractivity contribution in [3.8, 4) is 0 Å². The predicted molar refractivity (Wildman–Crippen MR) is 108 cm³/mol. The number of hydrogen-bond acceptors (Lipinski definition) is 11. The van der Waals surface area contributed by atoms with Crippen LogP contribution in [0.25, 0.3) is 0 Å². The van der Waals surface area contributed by atoms with E-state index < -0.39 is 74.6 Å². The van der Waals surface area contributed by atoms with Crippen LogP contribution >= 0.6 is 0 Å². The van der Waals surface area contributed by atoms with Crippen LogP contribution in [0.15, 0.2) is 0 Å². The summed E-state index contributed by atoms with van der Waals surface area (Å²) in [6, 6.07) is 0. The van der Waals surface area contributed by atoms with Crippen LogP contribution in [0.2, 0.25) is 0 Å².